The molecule has 1 atom stereocenters. The molecular weight excluding hydrogens is 266 g/mol. The average molecular weight is 280 g/mol. The Hall–Kier alpha value is -1.78. The highest BCUT2D eigenvalue weighted by Crippen LogP contribution is 2.36. The van der Waals surface area contributed by atoms with Gasteiger partial charge in [-0.3, -0.25) is 4.98 Å². The summed E-state index contributed by atoms with van der Waals surface area (Å²) in [5, 5.41) is 11.0. The predicted molar refractivity (Wildman–Crippen MR) is 72.9 cm³/mol. The second-order valence-corrected chi connectivity index (χ2v) is 4.32. The Morgan fingerprint density at radius 1 is 1.11 bits per heavy atom. The predicted octanol–water partition coefficient (Wildman–Crippen LogP) is 2.83. The number of hydrogen-bond acceptors (Lipinski definition) is 4. The maximum atomic E-state index is 10.4. The van der Waals surface area contributed by atoms with E-state index in [4.69, 9.17) is 21.1 Å². The molecule has 0 spiro atoms. The molecule has 0 fully saturated rings. The number of aliphatic hydroxyl groups excluding tert-OH is 1. The van der Waals surface area contributed by atoms with Crippen LogP contribution in [0.4, 0.5) is 0 Å². The zero-order chi connectivity index (χ0) is 13.8. The van der Waals surface area contributed by atoms with Gasteiger partial charge in [-0.2, -0.15) is 0 Å². The third-order valence-corrected chi connectivity index (χ3v) is 2.99. The fourth-order valence-corrected chi connectivity index (χ4v) is 1.96. The molecule has 0 bridgehead atoms. The Kier molecular flexibility index (Phi) is 4.24. The van der Waals surface area contributed by atoms with Gasteiger partial charge >= 0.3 is 0 Å². The molecule has 0 aliphatic heterocycles. The lowest BCUT2D eigenvalue weighted by Gasteiger charge is -2.17. The number of methoxy groups -OCH3 is 2. The number of benzene rings is 1. The summed E-state index contributed by atoms with van der Waals surface area (Å²) in [6.07, 6.45) is 0.547. The number of aliphatic hydroxyl groups is 1. The molecular formula is C14H14ClNO3. The lowest BCUT2D eigenvalue weighted by atomic mass is 10.0. The summed E-state index contributed by atoms with van der Waals surface area (Å²) in [6, 6.07) is 8.66. The van der Waals surface area contributed by atoms with Crippen LogP contribution < -0.4 is 9.47 Å². The van der Waals surface area contributed by atoms with Crippen LogP contribution in [0.2, 0.25) is 5.02 Å². The molecule has 1 unspecified atom stereocenters. The number of aromatic nitrogens is 1. The molecule has 0 saturated heterocycles. The number of rotatable bonds is 4. The van der Waals surface area contributed by atoms with Crippen LogP contribution in [0.3, 0.4) is 0 Å². The number of nitrogens with zero attached hydrogens (tertiary/aromatic N) is 1. The molecule has 2 rings (SSSR count). The molecule has 0 aliphatic rings. The Balaban J connectivity index is 2.47. The Labute approximate surface area is 116 Å². The third kappa shape index (κ3) is 2.80. The van der Waals surface area contributed by atoms with E-state index >= 15 is 0 Å². The van der Waals surface area contributed by atoms with Gasteiger partial charge in [-0.25, -0.2) is 0 Å². The minimum Gasteiger partial charge on any atom is -0.496 e. The quantitative estimate of drug-likeness (QED) is 0.935. The summed E-state index contributed by atoms with van der Waals surface area (Å²) in [6.45, 7) is 0. The van der Waals surface area contributed by atoms with Gasteiger partial charge in [-0.15, -0.1) is 0 Å². The highest BCUT2D eigenvalue weighted by molar-refractivity contribution is 6.30. The van der Waals surface area contributed by atoms with Crippen molar-refractivity contribution in [2.24, 2.45) is 0 Å². The molecule has 19 heavy (non-hydrogen) atoms. The summed E-state index contributed by atoms with van der Waals surface area (Å²) < 4.78 is 10.5. The maximum Gasteiger partial charge on any atom is 0.128 e. The van der Waals surface area contributed by atoms with E-state index < -0.39 is 6.10 Å². The fraction of sp³-hybridized carbons (Fsp3) is 0.214. The molecule has 100 valence electrons. The standard InChI is InChI=1S/C14H14ClNO3/c1-18-11-4-3-5-12(19-2)13(11)14(17)10-7-6-9(15)8-16-10/h3-8,14,17H,1-2H3. The van der Waals surface area contributed by atoms with E-state index in [9.17, 15) is 5.11 Å². The molecule has 1 aromatic heterocycles. The van der Waals surface area contributed by atoms with Crippen LogP contribution in [-0.2, 0) is 0 Å². The Morgan fingerprint density at radius 3 is 2.21 bits per heavy atom. The van der Waals surface area contributed by atoms with Crippen LogP contribution in [0.5, 0.6) is 11.5 Å². The number of halogens is 1. The van der Waals surface area contributed by atoms with Crippen molar-refractivity contribution in [3.05, 3.63) is 52.8 Å². The van der Waals surface area contributed by atoms with Crippen molar-refractivity contribution in [2.75, 3.05) is 14.2 Å². The lowest BCUT2D eigenvalue weighted by molar-refractivity contribution is 0.204. The third-order valence-electron chi connectivity index (χ3n) is 2.77. The Bertz CT molecular complexity index is 535. The highest BCUT2D eigenvalue weighted by Gasteiger charge is 2.21. The van der Waals surface area contributed by atoms with Crippen LogP contribution in [0.15, 0.2) is 36.5 Å². The molecule has 1 heterocycles. The lowest BCUT2D eigenvalue weighted by Crippen LogP contribution is -2.06. The first-order chi connectivity index (χ1) is 9.17. The smallest absolute Gasteiger partial charge is 0.128 e. The van der Waals surface area contributed by atoms with Gasteiger partial charge in [0.25, 0.3) is 0 Å². The number of pyridine rings is 1. The normalized spacial score (nSPS) is 12.0. The van der Waals surface area contributed by atoms with Gasteiger partial charge in [0, 0.05) is 6.20 Å². The zero-order valence-corrected chi connectivity index (χ0v) is 11.4. The summed E-state index contributed by atoms with van der Waals surface area (Å²) in [7, 11) is 3.08. The van der Waals surface area contributed by atoms with Crippen LogP contribution in [0, 0.1) is 0 Å². The van der Waals surface area contributed by atoms with Crippen molar-refractivity contribution in [1.29, 1.82) is 0 Å². The largest absolute Gasteiger partial charge is 0.496 e. The van der Waals surface area contributed by atoms with Gasteiger partial charge < -0.3 is 14.6 Å². The van der Waals surface area contributed by atoms with Crippen molar-refractivity contribution >= 4 is 11.6 Å². The minimum absolute atomic E-state index is 0.479. The fourth-order valence-electron chi connectivity index (χ4n) is 1.85. The molecule has 5 heteroatoms. The molecule has 1 N–H and O–H groups in total. The number of ether oxygens (including phenoxy) is 2. The molecule has 0 aliphatic carbocycles. The van der Waals surface area contributed by atoms with Crippen molar-refractivity contribution in [3.8, 4) is 11.5 Å². The maximum absolute atomic E-state index is 10.4. The average Bonchev–Trinajstić information content (AvgIpc) is 2.46. The van der Waals surface area contributed by atoms with E-state index in [2.05, 4.69) is 4.98 Å². The summed E-state index contributed by atoms with van der Waals surface area (Å²) in [4.78, 5) is 4.11. The van der Waals surface area contributed by atoms with E-state index in [-0.39, 0.29) is 0 Å². The summed E-state index contributed by atoms with van der Waals surface area (Å²) >= 11 is 5.79. The van der Waals surface area contributed by atoms with E-state index in [0.29, 0.717) is 27.8 Å². The van der Waals surface area contributed by atoms with Crippen molar-refractivity contribution < 1.29 is 14.6 Å². The van der Waals surface area contributed by atoms with Crippen molar-refractivity contribution in [1.82, 2.24) is 4.98 Å². The van der Waals surface area contributed by atoms with Gasteiger partial charge in [0.2, 0.25) is 0 Å². The van der Waals surface area contributed by atoms with Gasteiger partial charge in [-0.1, -0.05) is 17.7 Å². The van der Waals surface area contributed by atoms with Crippen LogP contribution >= 0.6 is 11.6 Å². The van der Waals surface area contributed by atoms with E-state index in [0.717, 1.165) is 0 Å². The molecule has 0 amide bonds. The molecule has 0 saturated carbocycles. The van der Waals surface area contributed by atoms with Gasteiger partial charge in [0.1, 0.15) is 17.6 Å². The minimum atomic E-state index is -0.941. The summed E-state index contributed by atoms with van der Waals surface area (Å²) in [5.41, 5.74) is 1.02. The molecule has 1 aromatic carbocycles. The monoisotopic (exact) mass is 279 g/mol. The molecule has 2 aromatic rings. The van der Waals surface area contributed by atoms with E-state index in [1.54, 1.807) is 44.6 Å². The van der Waals surface area contributed by atoms with Crippen molar-refractivity contribution in [2.45, 2.75) is 6.10 Å². The number of hydrogen-bond donors (Lipinski definition) is 1. The highest BCUT2D eigenvalue weighted by atomic mass is 35.5. The van der Waals surface area contributed by atoms with E-state index in [1.165, 1.54) is 6.20 Å². The second kappa shape index (κ2) is 5.91. The first kappa shape index (κ1) is 13.6. The molecule has 4 nitrogen and oxygen atoms in total. The van der Waals surface area contributed by atoms with Crippen LogP contribution in [-0.4, -0.2) is 24.3 Å². The second-order valence-electron chi connectivity index (χ2n) is 3.88. The zero-order valence-electron chi connectivity index (χ0n) is 10.6. The summed E-state index contributed by atoms with van der Waals surface area (Å²) in [5.74, 6) is 1.09. The Morgan fingerprint density at radius 2 is 1.74 bits per heavy atom. The van der Waals surface area contributed by atoms with Gasteiger partial charge in [0.05, 0.1) is 30.5 Å². The van der Waals surface area contributed by atoms with E-state index in [1.807, 2.05) is 0 Å². The van der Waals surface area contributed by atoms with Crippen LogP contribution in [0.1, 0.15) is 17.4 Å². The van der Waals surface area contributed by atoms with Crippen LogP contribution in [0.25, 0.3) is 0 Å². The topological polar surface area (TPSA) is 51.6 Å². The first-order valence-corrected chi connectivity index (χ1v) is 6.05. The van der Waals surface area contributed by atoms with Gasteiger partial charge in [0.15, 0.2) is 0 Å². The molecule has 0 radical (unpaired) electrons. The SMILES string of the molecule is COc1cccc(OC)c1C(O)c1ccc(Cl)cn1. The van der Waals surface area contributed by atoms with Crippen molar-refractivity contribution in [3.63, 3.8) is 0 Å². The first-order valence-electron chi connectivity index (χ1n) is 5.67. The van der Waals surface area contributed by atoms with Gasteiger partial charge in [-0.05, 0) is 24.3 Å².